The number of benzene rings is 1. The van der Waals surface area contributed by atoms with Gasteiger partial charge in [0.25, 0.3) is 0 Å². The van der Waals surface area contributed by atoms with E-state index in [1.54, 1.807) is 24.3 Å². The molecular formula is C20H30F3NO3SSi. The third kappa shape index (κ3) is 6.20. The van der Waals surface area contributed by atoms with Gasteiger partial charge in [0.1, 0.15) is 0 Å². The minimum atomic E-state index is -5.49. The van der Waals surface area contributed by atoms with Gasteiger partial charge in [-0.3, -0.25) is 4.31 Å². The summed E-state index contributed by atoms with van der Waals surface area (Å²) in [5.41, 5.74) is -4.34. The molecule has 9 heteroatoms. The first-order chi connectivity index (χ1) is 13.0. The lowest BCUT2D eigenvalue weighted by molar-refractivity contribution is -0.0437. The van der Waals surface area contributed by atoms with Crippen molar-refractivity contribution in [2.24, 2.45) is 0 Å². The Morgan fingerprint density at radius 3 is 2.24 bits per heavy atom. The molecule has 0 aliphatic rings. The molecule has 0 aliphatic heterocycles. The molecule has 0 unspecified atom stereocenters. The van der Waals surface area contributed by atoms with E-state index in [-0.39, 0.29) is 15.0 Å². The number of alkyl halides is 3. The molecule has 0 fully saturated rings. The van der Waals surface area contributed by atoms with Gasteiger partial charge in [-0.1, -0.05) is 51.6 Å². The summed E-state index contributed by atoms with van der Waals surface area (Å²) in [6.07, 6.45) is 3.75. The van der Waals surface area contributed by atoms with Crippen LogP contribution in [0.5, 0.6) is 0 Å². The number of hydrogen-bond donors (Lipinski definition) is 0. The molecular weight excluding hydrogens is 419 g/mol. The SMILES string of the molecule is C=C/C(=C/c1ccccc1N(C)S(=O)(=O)C(F)(F)F)CCO[Si](C)(C)C(C)(C)C. The molecule has 1 aromatic rings. The predicted octanol–water partition coefficient (Wildman–Crippen LogP) is 5.95. The van der Waals surface area contributed by atoms with Crippen LogP contribution in [0.3, 0.4) is 0 Å². The maximum absolute atomic E-state index is 12.9. The number of halogens is 3. The van der Waals surface area contributed by atoms with Crippen LogP contribution in [0.25, 0.3) is 6.08 Å². The topological polar surface area (TPSA) is 46.6 Å². The number of nitrogens with zero attached hydrogens (tertiary/aromatic N) is 1. The van der Waals surface area contributed by atoms with Crippen molar-refractivity contribution in [1.82, 2.24) is 0 Å². The van der Waals surface area contributed by atoms with Crippen LogP contribution in [-0.2, 0) is 14.4 Å². The number of rotatable bonds is 8. The zero-order valence-corrected chi connectivity index (χ0v) is 19.6. The van der Waals surface area contributed by atoms with Crippen molar-refractivity contribution in [2.45, 2.75) is 50.8 Å². The predicted molar refractivity (Wildman–Crippen MR) is 116 cm³/mol. The van der Waals surface area contributed by atoms with Gasteiger partial charge in [-0.15, -0.1) is 0 Å². The van der Waals surface area contributed by atoms with Crippen LogP contribution in [-0.4, -0.2) is 35.9 Å². The first-order valence-corrected chi connectivity index (χ1v) is 13.5. The van der Waals surface area contributed by atoms with E-state index < -0.39 is 23.8 Å². The molecule has 0 bridgehead atoms. The minimum Gasteiger partial charge on any atom is -0.416 e. The Kier molecular flexibility index (Phi) is 7.95. The van der Waals surface area contributed by atoms with Crippen LogP contribution in [0.4, 0.5) is 18.9 Å². The van der Waals surface area contributed by atoms with Gasteiger partial charge in [-0.2, -0.15) is 21.6 Å². The number of anilines is 1. The minimum absolute atomic E-state index is 0.0607. The van der Waals surface area contributed by atoms with Crippen LogP contribution >= 0.6 is 0 Å². The number of hydrogen-bond acceptors (Lipinski definition) is 3. The van der Waals surface area contributed by atoms with E-state index in [1.165, 1.54) is 12.1 Å². The Bertz CT molecular complexity index is 856. The third-order valence-corrected chi connectivity index (χ3v) is 11.2. The molecule has 0 aromatic heterocycles. The summed E-state index contributed by atoms with van der Waals surface area (Å²) >= 11 is 0. The second-order valence-corrected chi connectivity index (χ2v) is 15.0. The highest BCUT2D eigenvalue weighted by molar-refractivity contribution is 7.93. The molecule has 1 aromatic carbocycles. The van der Waals surface area contributed by atoms with Crippen molar-refractivity contribution in [3.63, 3.8) is 0 Å². The molecule has 29 heavy (non-hydrogen) atoms. The van der Waals surface area contributed by atoms with Crippen molar-refractivity contribution in [1.29, 1.82) is 0 Å². The molecule has 1 rings (SSSR count). The molecule has 0 aliphatic carbocycles. The van der Waals surface area contributed by atoms with Gasteiger partial charge in [0.15, 0.2) is 8.32 Å². The molecule has 0 amide bonds. The normalized spacial score (nSPS) is 14.0. The Morgan fingerprint density at radius 1 is 1.21 bits per heavy atom. The first kappa shape index (κ1) is 25.5. The first-order valence-electron chi connectivity index (χ1n) is 9.16. The fourth-order valence-corrected chi connectivity index (χ4v) is 4.04. The van der Waals surface area contributed by atoms with Gasteiger partial charge in [-0.25, -0.2) is 0 Å². The molecule has 4 nitrogen and oxygen atoms in total. The van der Waals surface area contributed by atoms with Crippen molar-refractivity contribution in [2.75, 3.05) is 18.0 Å². The van der Waals surface area contributed by atoms with E-state index in [0.717, 1.165) is 12.6 Å². The second kappa shape index (κ2) is 9.05. The highest BCUT2D eigenvalue weighted by atomic mass is 32.2. The number of allylic oxidation sites excluding steroid dienone is 1. The Hall–Kier alpha value is -1.58. The van der Waals surface area contributed by atoms with Crippen LogP contribution in [0.15, 0.2) is 42.5 Å². The number of sulfonamides is 1. The van der Waals surface area contributed by atoms with Gasteiger partial charge in [0, 0.05) is 13.7 Å². The van der Waals surface area contributed by atoms with Gasteiger partial charge in [0.2, 0.25) is 0 Å². The molecule has 0 N–H and O–H groups in total. The second-order valence-electron chi connectivity index (χ2n) is 8.26. The highest BCUT2D eigenvalue weighted by Gasteiger charge is 2.49. The van der Waals surface area contributed by atoms with Crippen LogP contribution in [0, 0.1) is 0 Å². The Morgan fingerprint density at radius 2 is 1.76 bits per heavy atom. The lowest BCUT2D eigenvalue weighted by Crippen LogP contribution is -2.41. The van der Waals surface area contributed by atoms with Gasteiger partial charge in [0.05, 0.1) is 5.69 Å². The summed E-state index contributed by atoms with van der Waals surface area (Å²) in [5, 5.41) is 0.0618. The van der Waals surface area contributed by atoms with Crippen LogP contribution < -0.4 is 4.31 Å². The fraction of sp³-hybridized carbons (Fsp3) is 0.500. The van der Waals surface area contributed by atoms with Crippen LogP contribution in [0.2, 0.25) is 18.1 Å². The Balaban J connectivity index is 3.13. The summed E-state index contributed by atoms with van der Waals surface area (Å²) in [7, 11) is -6.52. The van der Waals surface area contributed by atoms with Crippen molar-refractivity contribution >= 4 is 30.1 Å². The van der Waals surface area contributed by atoms with E-state index in [1.807, 2.05) is 0 Å². The summed E-state index contributed by atoms with van der Waals surface area (Å²) in [6.45, 7) is 14.9. The maximum Gasteiger partial charge on any atom is 0.516 e. The standard InChI is InChI=1S/C20H30F3NO3SSi/c1-8-16(13-14-27-29(6,7)19(2,3)4)15-17-11-9-10-12-18(17)24(5)28(25,26)20(21,22)23/h8-12,15H,1,13-14H2,2-7H3/b16-15-. The lowest BCUT2D eigenvalue weighted by atomic mass is 10.1. The van der Waals surface area contributed by atoms with E-state index in [0.29, 0.717) is 18.6 Å². The zero-order chi connectivity index (χ0) is 22.7. The van der Waals surface area contributed by atoms with E-state index in [4.69, 9.17) is 4.43 Å². The maximum atomic E-state index is 12.9. The van der Waals surface area contributed by atoms with E-state index in [2.05, 4.69) is 40.4 Å². The molecule has 0 atom stereocenters. The monoisotopic (exact) mass is 449 g/mol. The molecule has 0 heterocycles. The third-order valence-electron chi connectivity index (χ3n) is 5.19. The van der Waals surface area contributed by atoms with E-state index >= 15 is 0 Å². The van der Waals surface area contributed by atoms with Crippen molar-refractivity contribution in [3.8, 4) is 0 Å². The van der Waals surface area contributed by atoms with Crippen molar-refractivity contribution < 1.29 is 26.0 Å². The van der Waals surface area contributed by atoms with Crippen LogP contribution in [0.1, 0.15) is 32.8 Å². The molecule has 164 valence electrons. The van der Waals surface area contributed by atoms with Gasteiger partial charge < -0.3 is 4.43 Å². The Labute approximate surface area is 173 Å². The molecule has 0 radical (unpaired) electrons. The lowest BCUT2D eigenvalue weighted by Gasteiger charge is -2.36. The summed E-state index contributed by atoms with van der Waals surface area (Å²) < 4.78 is 68.7. The zero-order valence-electron chi connectivity index (χ0n) is 17.8. The average molecular weight is 450 g/mol. The summed E-state index contributed by atoms with van der Waals surface area (Å²) in [4.78, 5) is 0. The van der Waals surface area contributed by atoms with Crippen molar-refractivity contribution in [3.05, 3.63) is 48.1 Å². The summed E-state index contributed by atoms with van der Waals surface area (Å²) in [5.74, 6) is 0. The smallest absolute Gasteiger partial charge is 0.416 e. The van der Waals surface area contributed by atoms with E-state index in [9.17, 15) is 21.6 Å². The molecule has 0 saturated heterocycles. The fourth-order valence-electron chi connectivity index (χ4n) is 2.25. The quantitative estimate of drug-likeness (QED) is 0.364. The largest absolute Gasteiger partial charge is 0.516 e. The highest BCUT2D eigenvalue weighted by Crippen LogP contribution is 2.37. The molecule has 0 spiro atoms. The van der Waals surface area contributed by atoms with Gasteiger partial charge >= 0.3 is 15.5 Å². The number of para-hydroxylation sites is 1. The molecule has 0 saturated carbocycles. The van der Waals surface area contributed by atoms with Gasteiger partial charge in [-0.05, 0) is 47.8 Å². The average Bonchev–Trinajstić information content (AvgIpc) is 2.58. The summed E-state index contributed by atoms with van der Waals surface area (Å²) in [6, 6.07) is 6.03.